The van der Waals surface area contributed by atoms with Gasteiger partial charge in [0.1, 0.15) is 0 Å². The summed E-state index contributed by atoms with van der Waals surface area (Å²) >= 11 is 1.78. The molecule has 0 aliphatic carbocycles. The van der Waals surface area contributed by atoms with Crippen LogP contribution in [0, 0.1) is 6.92 Å². The second-order valence-electron chi connectivity index (χ2n) is 9.56. The normalized spacial score (nSPS) is 13.3. The standard InChI is InChI=1S/C25H39NO2SSi/c1-20-16-17-23(29-19-22-14-9-8-10-15-22)24(26-20)28-21(2)13-11-12-18-27-30(6,7)25(3,4)5/h8-10,14-17,21H,11-13,18-19H2,1-7H3/t21-/m1/s1. The Balaban J connectivity index is 1.81. The van der Waals surface area contributed by atoms with Crippen molar-refractivity contribution in [3.05, 3.63) is 53.7 Å². The molecule has 0 saturated heterocycles. The average Bonchev–Trinajstić information content (AvgIpc) is 2.67. The molecule has 0 fully saturated rings. The highest BCUT2D eigenvalue weighted by molar-refractivity contribution is 7.98. The number of benzene rings is 1. The zero-order valence-corrected chi connectivity index (χ0v) is 21.6. The zero-order valence-electron chi connectivity index (χ0n) is 19.8. The monoisotopic (exact) mass is 445 g/mol. The first-order valence-corrected chi connectivity index (χ1v) is 14.9. The van der Waals surface area contributed by atoms with Gasteiger partial charge in [0.15, 0.2) is 8.32 Å². The Morgan fingerprint density at radius 2 is 1.73 bits per heavy atom. The molecule has 2 rings (SSSR count). The minimum absolute atomic E-state index is 0.142. The molecule has 1 atom stereocenters. The first kappa shape index (κ1) is 25.0. The van der Waals surface area contributed by atoms with Gasteiger partial charge in [-0.2, -0.15) is 0 Å². The van der Waals surface area contributed by atoms with E-state index in [1.165, 1.54) is 5.56 Å². The van der Waals surface area contributed by atoms with Crippen LogP contribution in [0.4, 0.5) is 0 Å². The van der Waals surface area contributed by atoms with Gasteiger partial charge in [-0.05, 0) is 68.9 Å². The molecular weight excluding hydrogens is 406 g/mol. The molecule has 30 heavy (non-hydrogen) atoms. The van der Waals surface area contributed by atoms with Crippen molar-refractivity contribution in [2.75, 3.05) is 6.61 Å². The predicted octanol–water partition coefficient (Wildman–Crippen LogP) is 7.64. The molecular formula is C25H39NO2SSi. The molecule has 3 nitrogen and oxygen atoms in total. The molecule has 0 unspecified atom stereocenters. The maximum atomic E-state index is 6.29. The van der Waals surface area contributed by atoms with E-state index in [4.69, 9.17) is 9.16 Å². The van der Waals surface area contributed by atoms with Crippen LogP contribution >= 0.6 is 11.8 Å². The largest absolute Gasteiger partial charge is 0.474 e. The molecule has 0 spiro atoms. The van der Waals surface area contributed by atoms with E-state index in [1.54, 1.807) is 11.8 Å². The summed E-state index contributed by atoms with van der Waals surface area (Å²) in [6.45, 7) is 16.5. The van der Waals surface area contributed by atoms with Crippen LogP contribution in [-0.2, 0) is 10.2 Å². The average molecular weight is 446 g/mol. The van der Waals surface area contributed by atoms with Crippen molar-refractivity contribution < 1.29 is 9.16 Å². The van der Waals surface area contributed by atoms with Gasteiger partial charge in [-0.1, -0.05) is 51.1 Å². The number of nitrogens with zero attached hydrogens (tertiary/aromatic N) is 1. The summed E-state index contributed by atoms with van der Waals surface area (Å²) in [6, 6.07) is 14.7. The van der Waals surface area contributed by atoms with E-state index >= 15 is 0 Å². The van der Waals surface area contributed by atoms with Crippen molar-refractivity contribution >= 4 is 20.1 Å². The van der Waals surface area contributed by atoms with Crippen molar-refractivity contribution in [1.29, 1.82) is 0 Å². The Morgan fingerprint density at radius 1 is 1.03 bits per heavy atom. The molecule has 0 N–H and O–H groups in total. The summed E-state index contributed by atoms with van der Waals surface area (Å²) in [4.78, 5) is 5.78. The Labute approximate surface area is 189 Å². The van der Waals surface area contributed by atoms with E-state index in [9.17, 15) is 0 Å². The van der Waals surface area contributed by atoms with Crippen molar-refractivity contribution in [3.63, 3.8) is 0 Å². The number of rotatable bonds is 11. The SMILES string of the molecule is Cc1ccc(SCc2ccccc2)c(O[C@H](C)CCCCO[Si](C)(C)C(C)(C)C)n1. The van der Waals surface area contributed by atoms with Crippen LogP contribution < -0.4 is 4.74 Å². The summed E-state index contributed by atoms with van der Waals surface area (Å²) in [5.41, 5.74) is 2.30. The fourth-order valence-corrected chi connectivity index (χ4v) is 4.76. The van der Waals surface area contributed by atoms with Gasteiger partial charge in [0.05, 0.1) is 11.0 Å². The number of unbranched alkanes of at least 4 members (excludes halogenated alkanes) is 1. The Hall–Kier alpha value is -1.30. The first-order valence-electron chi connectivity index (χ1n) is 11.0. The number of hydrogen-bond donors (Lipinski definition) is 0. The second kappa shape index (κ2) is 11.4. The molecule has 0 radical (unpaired) electrons. The van der Waals surface area contributed by atoms with Gasteiger partial charge in [-0.15, -0.1) is 11.8 Å². The summed E-state index contributed by atoms with van der Waals surface area (Å²) in [5.74, 6) is 1.68. The third-order valence-corrected chi connectivity index (χ3v) is 11.4. The van der Waals surface area contributed by atoms with Crippen molar-refractivity contribution in [1.82, 2.24) is 4.98 Å². The van der Waals surface area contributed by atoms with E-state index in [0.29, 0.717) is 0 Å². The van der Waals surface area contributed by atoms with E-state index in [-0.39, 0.29) is 11.1 Å². The maximum absolute atomic E-state index is 6.29. The van der Waals surface area contributed by atoms with E-state index in [0.717, 1.165) is 48.1 Å². The molecule has 0 bridgehead atoms. The van der Waals surface area contributed by atoms with Crippen LogP contribution in [0.5, 0.6) is 5.88 Å². The van der Waals surface area contributed by atoms with Gasteiger partial charge in [0.2, 0.25) is 5.88 Å². The topological polar surface area (TPSA) is 31.4 Å². The highest BCUT2D eigenvalue weighted by atomic mass is 32.2. The van der Waals surface area contributed by atoms with Crippen LogP contribution in [0.3, 0.4) is 0 Å². The number of aryl methyl sites for hydroxylation is 1. The molecule has 0 saturated carbocycles. The van der Waals surface area contributed by atoms with Gasteiger partial charge >= 0.3 is 0 Å². The number of hydrogen-bond acceptors (Lipinski definition) is 4. The predicted molar refractivity (Wildman–Crippen MR) is 132 cm³/mol. The van der Waals surface area contributed by atoms with Crippen LogP contribution in [0.25, 0.3) is 0 Å². The minimum Gasteiger partial charge on any atom is -0.474 e. The molecule has 1 heterocycles. The van der Waals surface area contributed by atoms with Gasteiger partial charge in [0, 0.05) is 18.1 Å². The molecule has 1 aromatic carbocycles. The minimum atomic E-state index is -1.64. The highest BCUT2D eigenvalue weighted by Crippen LogP contribution is 2.36. The Kier molecular flexibility index (Phi) is 9.45. The van der Waals surface area contributed by atoms with Gasteiger partial charge in [-0.25, -0.2) is 4.98 Å². The fourth-order valence-electron chi connectivity index (χ4n) is 2.78. The Morgan fingerprint density at radius 3 is 2.40 bits per heavy atom. The number of thioether (sulfide) groups is 1. The third kappa shape index (κ3) is 8.08. The number of ether oxygens (including phenoxy) is 1. The van der Waals surface area contributed by atoms with Crippen LogP contribution in [-0.4, -0.2) is 26.0 Å². The summed E-state index contributed by atoms with van der Waals surface area (Å²) in [5, 5.41) is 0.272. The van der Waals surface area contributed by atoms with E-state index in [1.807, 2.05) is 6.92 Å². The molecule has 0 aliphatic rings. The Bertz CT molecular complexity index is 774. The first-order chi connectivity index (χ1) is 14.1. The van der Waals surface area contributed by atoms with Crippen molar-refractivity contribution in [2.45, 2.75) is 88.8 Å². The maximum Gasteiger partial charge on any atom is 0.227 e. The molecule has 0 aliphatic heterocycles. The lowest BCUT2D eigenvalue weighted by Gasteiger charge is -2.36. The summed E-state index contributed by atoms with van der Waals surface area (Å²) in [7, 11) is -1.64. The van der Waals surface area contributed by atoms with Crippen LogP contribution in [0.15, 0.2) is 47.4 Å². The lowest BCUT2D eigenvalue weighted by Crippen LogP contribution is -2.40. The van der Waals surface area contributed by atoms with Gasteiger partial charge in [-0.3, -0.25) is 0 Å². The van der Waals surface area contributed by atoms with Gasteiger partial charge < -0.3 is 9.16 Å². The molecule has 166 valence electrons. The second-order valence-corrected chi connectivity index (χ2v) is 15.4. The summed E-state index contributed by atoms with van der Waals surface area (Å²) < 4.78 is 12.5. The van der Waals surface area contributed by atoms with Gasteiger partial charge in [0.25, 0.3) is 0 Å². The highest BCUT2D eigenvalue weighted by Gasteiger charge is 2.36. The molecule has 2 aromatic rings. The fraction of sp³-hybridized carbons (Fsp3) is 0.560. The lowest BCUT2D eigenvalue weighted by molar-refractivity contribution is 0.187. The summed E-state index contributed by atoms with van der Waals surface area (Å²) in [6.07, 6.45) is 3.34. The quantitative estimate of drug-likeness (QED) is 0.202. The van der Waals surface area contributed by atoms with Crippen molar-refractivity contribution in [3.8, 4) is 5.88 Å². The van der Waals surface area contributed by atoms with Crippen LogP contribution in [0.1, 0.15) is 58.2 Å². The molecule has 5 heteroatoms. The smallest absolute Gasteiger partial charge is 0.227 e. The zero-order chi connectivity index (χ0) is 22.2. The molecule has 0 amide bonds. The van der Waals surface area contributed by atoms with E-state index in [2.05, 4.69) is 88.2 Å². The lowest BCUT2D eigenvalue weighted by atomic mass is 10.2. The van der Waals surface area contributed by atoms with E-state index < -0.39 is 8.32 Å². The number of aromatic nitrogens is 1. The van der Waals surface area contributed by atoms with Crippen molar-refractivity contribution in [2.24, 2.45) is 0 Å². The third-order valence-electron chi connectivity index (χ3n) is 5.79. The number of pyridine rings is 1. The molecule has 1 aromatic heterocycles. The van der Waals surface area contributed by atoms with Crippen LogP contribution in [0.2, 0.25) is 18.1 Å².